The number of sulfonamides is 1. The highest BCUT2D eigenvalue weighted by Crippen LogP contribution is 2.23. The van der Waals surface area contributed by atoms with Crippen LogP contribution in [0.4, 0.5) is 10.1 Å². The van der Waals surface area contributed by atoms with E-state index in [1.165, 1.54) is 23.1 Å². The molecule has 0 heterocycles. The van der Waals surface area contributed by atoms with E-state index >= 15 is 0 Å². The van der Waals surface area contributed by atoms with Crippen LogP contribution < -0.4 is 9.62 Å². The Morgan fingerprint density at radius 1 is 0.975 bits per heavy atom. The van der Waals surface area contributed by atoms with Crippen LogP contribution in [0.3, 0.4) is 0 Å². The summed E-state index contributed by atoms with van der Waals surface area (Å²) in [6.07, 6.45) is 5.05. The van der Waals surface area contributed by atoms with Crippen molar-refractivity contribution in [1.82, 2.24) is 10.2 Å². The standard InChI is InChI=1S/C30H33BrFN3O4S/c1-40(38,39)35(27-16-8-13-25(32)19-27)21-29(36)34(20-23-11-7-12-24(31)17-23)28(18-22-9-3-2-4-10-22)30(37)33-26-14-5-6-15-26/h2-4,7-13,16-17,19,26,28H,5-6,14-15,18,20-21H2,1H3,(H,33,37). The summed E-state index contributed by atoms with van der Waals surface area (Å²) < 4.78 is 41.3. The second kappa shape index (κ2) is 13.4. The zero-order chi connectivity index (χ0) is 28.7. The molecule has 10 heteroatoms. The lowest BCUT2D eigenvalue weighted by atomic mass is 10.0. The number of nitrogens with one attached hydrogen (secondary N) is 1. The van der Waals surface area contributed by atoms with Crippen LogP contribution in [0.1, 0.15) is 36.8 Å². The van der Waals surface area contributed by atoms with Gasteiger partial charge in [0.05, 0.1) is 11.9 Å². The molecule has 1 aliphatic carbocycles. The van der Waals surface area contributed by atoms with Crippen molar-refractivity contribution in [3.05, 3.63) is 100 Å². The molecule has 4 rings (SSSR count). The van der Waals surface area contributed by atoms with Gasteiger partial charge in [0.1, 0.15) is 18.4 Å². The number of benzene rings is 3. The molecule has 7 nitrogen and oxygen atoms in total. The summed E-state index contributed by atoms with van der Waals surface area (Å²) in [6.45, 7) is -0.507. The molecule has 40 heavy (non-hydrogen) atoms. The van der Waals surface area contributed by atoms with Crippen LogP contribution in [0.25, 0.3) is 0 Å². The number of hydrogen-bond acceptors (Lipinski definition) is 4. The first-order valence-electron chi connectivity index (χ1n) is 13.2. The van der Waals surface area contributed by atoms with Crippen molar-refractivity contribution < 1.29 is 22.4 Å². The van der Waals surface area contributed by atoms with Gasteiger partial charge in [0.15, 0.2) is 0 Å². The first-order chi connectivity index (χ1) is 19.1. The molecular weight excluding hydrogens is 597 g/mol. The maximum atomic E-state index is 14.1. The highest BCUT2D eigenvalue weighted by molar-refractivity contribution is 9.10. The Bertz CT molecular complexity index is 1430. The van der Waals surface area contributed by atoms with Gasteiger partial charge in [-0.2, -0.15) is 0 Å². The molecule has 0 radical (unpaired) electrons. The number of carbonyl (C=O) groups excluding carboxylic acids is 2. The number of carbonyl (C=O) groups is 2. The molecule has 3 aromatic carbocycles. The zero-order valence-corrected chi connectivity index (χ0v) is 24.7. The number of anilines is 1. The summed E-state index contributed by atoms with van der Waals surface area (Å²) in [5.74, 6) is -1.48. The molecule has 1 fully saturated rings. The van der Waals surface area contributed by atoms with Gasteiger partial charge >= 0.3 is 0 Å². The predicted molar refractivity (Wildman–Crippen MR) is 158 cm³/mol. The monoisotopic (exact) mass is 629 g/mol. The van der Waals surface area contributed by atoms with Crippen molar-refractivity contribution in [2.45, 2.75) is 50.7 Å². The SMILES string of the molecule is CS(=O)(=O)N(CC(=O)N(Cc1cccc(Br)c1)C(Cc1ccccc1)C(=O)NC1CCCC1)c1cccc(F)c1. The van der Waals surface area contributed by atoms with Crippen molar-refractivity contribution in [1.29, 1.82) is 0 Å². The summed E-state index contributed by atoms with van der Waals surface area (Å²) in [4.78, 5) is 29.3. The van der Waals surface area contributed by atoms with Crippen molar-refractivity contribution in [2.75, 3.05) is 17.1 Å². The Balaban J connectivity index is 1.72. The van der Waals surface area contributed by atoms with Gasteiger partial charge in [0.2, 0.25) is 21.8 Å². The molecule has 1 N–H and O–H groups in total. The van der Waals surface area contributed by atoms with Crippen molar-refractivity contribution in [2.24, 2.45) is 0 Å². The molecule has 0 bridgehead atoms. The van der Waals surface area contributed by atoms with E-state index in [0.29, 0.717) is 0 Å². The average molecular weight is 631 g/mol. The van der Waals surface area contributed by atoms with Crippen LogP contribution in [0.15, 0.2) is 83.3 Å². The molecule has 1 aliphatic rings. The third-order valence-corrected chi connectivity index (χ3v) is 8.62. The lowest BCUT2D eigenvalue weighted by Gasteiger charge is -2.34. The molecule has 0 saturated heterocycles. The lowest BCUT2D eigenvalue weighted by molar-refractivity contribution is -0.140. The molecule has 2 amide bonds. The third-order valence-electron chi connectivity index (χ3n) is 6.99. The second-order valence-electron chi connectivity index (χ2n) is 10.1. The van der Waals surface area contributed by atoms with Crippen LogP contribution in [-0.4, -0.2) is 50.0 Å². The van der Waals surface area contributed by atoms with Crippen LogP contribution in [0.2, 0.25) is 0 Å². The van der Waals surface area contributed by atoms with Gasteiger partial charge in [0.25, 0.3) is 0 Å². The topological polar surface area (TPSA) is 86.8 Å². The first-order valence-corrected chi connectivity index (χ1v) is 15.9. The fourth-order valence-electron chi connectivity index (χ4n) is 5.00. The van der Waals surface area contributed by atoms with Crippen molar-refractivity contribution >= 4 is 43.5 Å². The van der Waals surface area contributed by atoms with Crippen LogP contribution >= 0.6 is 15.9 Å². The van der Waals surface area contributed by atoms with E-state index < -0.39 is 34.3 Å². The second-order valence-corrected chi connectivity index (χ2v) is 12.9. The van der Waals surface area contributed by atoms with E-state index in [4.69, 9.17) is 0 Å². The van der Waals surface area contributed by atoms with Crippen LogP contribution in [-0.2, 0) is 32.6 Å². The largest absolute Gasteiger partial charge is 0.352 e. The molecule has 1 saturated carbocycles. The predicted octanol–water partition coefficient (Wildman–Crippen LogP) is 5.05. The Morgan fingerprint density at radius 3 is 2.30 bits per heavy atom. The molecular formula is C30H33BrFN3O4S. The number of amides is 2. The Morgan fingerprint density at radius 2 is 1.65 bits per heavy atom. The maximum absolute atomic E-state index is 14.1. The zero-order valence-electron chi connectivity index (χ0n) is 22.3. The number of hydrogen-bond donors (Lipinski definition) is 1. The van der Waals surface area contributed by atoms with Gasteiger partial charge < -0.3 is 10.2 Å². The maximum Gasteiger partial charge on any atom is 0.244 e. The van der Waals surface area contributed by atoms with Gasteiger partial charge in [-0.3, -0.25) is 13.9 Å². The number of halogens is 2. The summed E-state index contributed by atoms with van der Waals surface area (Å²) in [6, 6.07) is 21.0. The van der Waals surface area contributed by atoms with E-state index in [9.17, 15) is 22.4 Å². The minimum Gasteiger partial charge on any atom is -0.352 e. The van der Waals surface area contributed by atoms with Crippen LogP contribution in [0.5, 0.6) is 0 Å². The van der Waals surface area contributed by atoms with Gasteiger partial charge in [0, 0.05) is 23.5 Å². The molecule has 212 valence electrons. The molecule has 1 atom stereocenters. The molecule has 1 unspecified atom stereocenters. The van der Waals surface area contributed by atoms with Crippen molar-refractivity contribution in [3.63, 3.8) is 0 Å². The quantitative estimate of drug-likeness (QED) is 0.321. The number of nitrogens with zero attached hydrogens (tertiary/aromatic N) is 2. The lowest BCUT2D eigenvalue weighted by Crippen LogP contribution is -2.54. The van der Waals surface area contributed by atoms with E-state index in [1.807, 2.05) is 54.6 Å². The molecule has 0 aliphatic heterocycles. The average Bonchev–Trinajstić information content (AvgIpc) is 3.42. The highest BCUT2D eigenvalue weighted by atomic mass is 79.9. The van der Waals surface area contributed by atoms with E-state index in [2.05, 4.69) is 21.2 Å². The normalized spacial score (nSPS) is 14.5. The van der Waals surface area contributed by atoms with E-state index in [0.717, 1.165) is 57.9 Å². The van der Waals surface area contributed by atoms with Gasteiger partial charge in [-0.05, 0) is 54.3 Å². The van der Waals surface area contributed by atoms with Gasteiger partial charge in [-0.15, -0.1) is 0 Å². The highest BCUT2D eigenvalue weighted by Gasteiger charge is 2.34. The Hall–Kier alpha value is -3.24. The molecule has 0 aromatic heterocycles. The smallest absolute Gasteiger partial charge is 0.244 e. The fourth-order valence-corrected chi connectivity index (χ4v) is 6.29. The van der Waals surface area contributed by atoms with Crippen LogP contribution in [0, 0.1) is 5.82 Å². The summed E-state index contributed by atoms with van der Waals surface area (Å²) in [7, 11) is -3.96. The minimum absolute atomic E-state index is 0.0354. The van der Waals surface area contributed by atoms with Crippen molar-refractivity contribution in [3.8, 4) is 0 Å². The van der Waals surface area contributed by atoms with E-state index in [1.54, 1.807) is 0 Å². The first kappa shape index (κ1) is 29.7. The summed E-state index contributed by atoms with van der Waals surface area (Å²) >= 11 is 3.47. The Labute approximate surface area is 243 Å². The molecule has 0 spiro atoms. The summed E-state index contributed by atoms with van der Waals surface area (Å²) in [5.41, 5.74) is 1.67. The molecule has 3 aromatic rings. The third kappa shape index (κ3) is 8.14. The number of rotatable bonds is 11. The van der Waals surface area contributed by atoms with E-state index in [-0.39, 0.29) is 30.6 Å². The van der Waals surface area contributed by atoms with Gasteiger partial charge in [-0.1, -0.05) is 77.3 Å². The summed E-state index contributed by atoms with van der Waals surface area (Å²) in [5, 5.41) is 3.13. The Kier molecular flexibility index (Phi) is 9.97. The van der Waals surface area contributed by atoms with Gasteiger partial charge in [-0.25, -0.2) is 12.8 Å². The fraction of sp³-hybridized carbons (Fsp3) is 0.333. The minimum atomic E-state index is -3.96.